The van der Waals surface area contributed by atoms with Crippen LogP contribution >= 0.6 is 0 Å². The number of amides is 1. The van der Waals surface area contributed by atoms with Gasteiger partial charge in [0.15, 0.2) is 6.10 Å². The van der Waals surface area contributed by atoms with E-state index in [0.29, 0.717) is 12.1 Å². The molecule has 0 aliphatic carbocycles. The lowest BCUT2D eigenvalue weighted by atomic mass is 9.97. The fourth-order valence-corrected chi connectivity index (χ4v) is 3.68. The number of benzene rings is 2. The number of H-pyrrole nitrogens is 1. The summed E-state index contributed by atoms with van der Waals surface area (Å²) in [7, 11) is 0. The first-order valence-electron chi connectivity index (χ1n) is 10.8. The van der Waals surface area contributed by atoms with Gasteiger partial charge in [-0.05, 0) is 41.3 Å². The molecule has 2 heterocycles. The molecule has 4 aromatic rings. The maximum atomic E-state index is 12.9. The Morgan fingerprint density at radius 1 is 0.941 bits per heavy atom. The van der Waals surface area contributed by atoms with Crippen LogP contribution in [-0.2, 0) is 11.2 Å². The molecule has 172 valence electrons. The highest BCUT2D eigenvalue weighted by Crippen LogP contribution is 2.21. The number of nitrogens with zero attached hydrogens (tertiary/aromatic N) is 2. The van der Waals surface area contributed by atoms with Crippen molar-refractivity contribution in [3.05, 3.63) is 96.4 Å². The van der Waals surface area contributed by atoms with E-state index < -0.39 is 24.0 Å². The van der Waals surface area contributed by atoms with Crippen LogP contribution in [-0.4, -0.2) is 49.4 Å². The van der Waals surface area contributed by atoms with Crippen molar-refractivity contribution in [1.29, 1.82) is 0 Å². The van der Waals surface area contributed by atoms with Gasteiger partial charge in [-0.3, -0.25) is 14.9 Å². The maximum absolute atomic E-state index is 12.9. The number of rotatable bonds is 9. The molecule has 2 atom stereocenters. The number of aliphatic hydroxyl groups is 1. The zero-order chi connectivity index (χ0) is 23.9. The molecule has 8 nitrogen and oxygen atoms in total. The number of aromatic amines is 1. The van der Waals surface area contributed by atoms with Gasteiger partial charge >= 0.3 is 5.97 Å². The number of hydrogen-bond acceptors (Lipinski definition) is 5. The molecule has 0 aliphatic rings. The summed E-state index contributed by atoms with van der Waals surface area (Å²) in [4.78, 5) is 28.1. The summed E-state index contributed by atoms with van der Waals surface area (Å²) in [5.74, 6) is -1.77. The van der Waals surface area contributed by atoms with E-state index in [1.807, 2.05) is 60.7 Å². The lowest BCUT2D eigenvalue weighted by Crippen LogP contribution is -2.40. The van der Waals surface area contributed by atoms with Gasteiger partial charge in [-0.25, -0.2) is 4.79 Å². The minimum Gasteiger partial charge on any atom is -0.479 e. The van der Waals surface area contributed by atoms with Gasteiger partial charge in [-0.15, -0.1) is 0 Å². The average molecular weight is 457 g/mol. The highest BCUT2D eigenvalue weighted by atomic mass is 16.4. The van der Waals surface area contributed by atoms with Crippen molar-refractivity contribution in [1.82, 2.24) is 20.5 Å². The van der Waals surface area contributed by atoms with Crippen LogP contribution in [0.1, 0.15) is 22.5 Å². The summed E-state index contributed by atoms with van der Waals surface area (Å²) in [6.45, 7) is 0. The van der Waals surface area contributed by atoms with E-state index in [4.69, 9.17) is 5.11 Å². The predicted octanol–water partition coefficient (Wildman–Crippen LogP) is 3.32. The molecule has 0 radical (unpaired) electrons. The van der Waals surface area contributed by atoms with Crippen LogP contribution in [0.25, 0.3) is 22.4 Å². The van der Waals surface area contributed by atoms with Crippen LogP contribution in [0.15, 0.2) is 85.2 Å². The molecule has 2 aromatic heterocycles. The quantitative estimate of drug-likeness (QED) is 0.306. The van der Waals surface area contributed by atoms with E-state index in [1.165, 1.54) is 0 Å². The normalized spacial score (nSPS) is 12.6. The minimum absolute atomic E-state index is 0.134. The second kappa shape index (κ2) is 10.5. The summed E-state index contributed by atoms with van der Waals surface area (Å²) < 4.78 is 0. The van der Waals surface area contributed by atoms with Crippen LogP contribution in [0.3, 0.4) is 0 Å². The number of pyridine rings is 1. The van der Waals surface area contributed by atoms with Crippen molar-refractivity contribution >= 4 is 11.9 Å². The topological polar surface area (TPSA) is 128 Å². The van der Waals surface area contributed by atoms with Gasteiger partial charge in [0.25, 0.3) is 5.91 Å². The Morgan fingerprint density at radius 2 is 1.65 bits per heavy atom. The van der Waals surface area contributed by atoms with E-state index in [9.17, 15) is 14.7 Å². The van der Waals surface area contributed by atoms with Crippen LogP contribution in [0.5, 0.6) is 0 Å². The van der Waals surface area contributed by atoms with Crippen molar-refractivity contribution in [2.45, 2.75) is 25.0 Å². The minimum atomic E-state index is -1.60. The van der Waals surface area contributed by atoms with Gasteiger partial charge in [0.1, 0.15) is 5.69 Å². The van der Waals surface area contributed by atoms with E-state index in [1.54, 1.807) is 24.5 Å². The van der Waals surface area contributed by atoms with Gasteiger partial charge in [0.2, 0.25) is 0 Å². The highest BCUT2D eigenvalue weighted by Gasteiger charge is 2.23. The molecule has 0 bridgehead atoms. The first-order valence-corrected chi connectivity index (χ1v) is 10.8. The Kier molecular flexibility index (Phi) is 7.10. The van der Waals surface area contributed by atoms with Crippen molar-refractivity contribution in [2.24, 2.45) is 0 Å². The number of aliphatic hydroxyl groups excluding tert-OH is 1. The van der Waals surface area contributed by atoms with Gasteiger partial charge in [-0.2, -0.15) is 5.10 Å². The Hall–Kier alpha value is -4.30. The van der Waals surface area contributed by atoms with E-state index in [2.05, 4.69) is 20.5 Å². The first-order chi connectivity index (χ1) is 16.5. The van der Waals surface area contributed by atoms with E-state index in [-0.39, 0.29) is 12.1 Å². The third-order valence-electron chi connectivity index (χ3n) is 5.45. The van der Waals surface area contributed by atoms with E-state index >= 15 is 0 Å². The molecule has 2 aromatic carbocycles. The SMILES string of the molecule is O=C(N[C@H](Cc1ccc(-c2ccccc2)cc1)C[C@@H](O)C(=O)O)c1cc(-c2cccnc2)n[nH]1. The number of aliphatic carboxylic acids is 1. The number of carbonyl (C=O) groups excluding carboxylic acids is 1. The molecule has 8 heteroatoms. The summed E-state index contributed by atoms with van der Waals surface area (Å²) >= 11 is 0. The summed E-state index contributed by atoms with van der Waals surface area (Å²) in [5, 5.41) is 28.8. The lowest BCUT2D eigenvalue weighted by molar-refractivity contribution is -0.147. The smallest absolute Gasteiger partial charge is 0.332 e. The molecular weight excluding hydrogens is 432 g/mol. The molecule has 0 saturated heterocycles. The molecule has 0 spiro atoms. The van der Waals surface area contributed by atoms with Crippen molar-refractivity contribution < 1.29 is 19.8 Å². The Bertz CT molecular complexity index is 1240. The van der Waals surface area contributed by atoms with Crippen LogP contribution in [0.4, 0.5) is 0 Å². The largest absolute Gasteiger partial charge is 0.479 e. The van der Waals surface area contributed by atoms with Gasteiger partial charge in [0.05, 0.1) is 5.69 Å². The number of nitrogens with one attached hydrogen (secondary N) is 2. The number of aromatic nitrogens is 3. The number of carboxylic acid groups (broad SMARTS) is 1. The Balaban J connectivity index is 1.48. The first kappa shape index (κ1) is 22.9. The molecule has 0 fully saturated rings. The summed E-state index contributed by atoms with van der Waals surface area (Å²) in [6, 6.07) is 22.4. The van der Waals surface area contributed by atoms with Crippen molar-refractivity contribution in [2.75, 3.05) is 0 Å². The molecule has 0 unspecified atom stereocenters. The standard InChI is InChI=1S/C26H24N4O4/c31-24(26(33)34)14-21(13-17-8-10-19(11-9-17)18-5-2-1-3-6-18)28-25(32)23-15-22(29-30-23)20-7-4-12-27-16-20/h1-12,15-16,21,24,31H,13-14H2,(H,28,32)(H,29,30)(H,33,34)/t21-,24-/m1/s1. The Labute approximate surface area is 196 Å². The highest BCUT2D eigenvalue weighted by molar-refractivity contribution is 5.93. The summed E-state index contributed by atoms with van der Waals surface area (Å²) in [6.07, 6.45) is 1.92. The monoisotopic (exact) mass is 456 g/mol. The van der Waals surface area contributed by atoms with Crippen LogP contribution in [0, 0.1) is 0 Å². The van der Waals surface area contributed by atoms with Gasteiger partial charge in [-0.1, -0.05) is 54.6 Å². The van der Waals surface area contributed by atoms with Crippen LogP contribution in [0.2, 0.25) is 0 Å². The Morgan fingerprint density at radius 3 is 2.32 bits per heavy atom. The van der Waals surface area contributed by atoms with E-state index in [0.717, 1.165) is 22.3 Å². The third-order valence-corrected chi connectivity index (χ3v) is 5.45. The molecule has 4 rings (SSSR count). The number of carboxylic acids is 1. The lowest BCUT2D eigenvalue weighted by Gasteiger charge is -2.20. The average Bonchev–Trinajstić information content (AvgIpc) is 3.36. The maximum Gasteiger partial charge on any atom is 0.332 e. The summed E-state index contributed by atoms with van der Waals surface area (Å²) in [5.41, 5.74) is 4.60. The molecule has 1 amide bonds. The third kappa shape index (κ3) is 5.73. The second-order valence-corrected chi connectivity index (χ2v) is 7.94. The molecule has 34 heavy (non-hydrogen) atoms. The number of hydrogen-bond donors (Lipinski definition) is 4. The molecule has 4 N–H and O–H groups in total. The molecule has 0 aliphatic heterocycles. The second-order valence-electron chi connectivity index (χ2n) is 7.94. The predicted molar refractivity (Wildman–Crippen MR) is 127 cm³/mol. The van der Waals surface area contributed by atoms with Gasteiger partial charge in [0, 0.05) is 30.4 Å². The fourth-order valence-electron chi connectivity index (χ4n) is 3.68. The van der Waals surface area contributed by atoms with Crippen LogP contribution < -0.4 is 5.32 Å². The van der Waals surface area contributed by atoms with Crippen molar-refractivity contribution in [3.63, 3.8) is 0 Å². The van der Waals surface area contributed by atoms with Gasteiger partial charge < -0.3 is 15.5 Å². The zero-order valence-corrected chi connectivity index (χ0v) is 18.3. The molecular formula is C26H24N4O4. The zero-order valence-electron chi connectivity index (χ0n) is 18.3. The fraction of sp³-hybridized carbons (Fsp3) is 0.154. The number of carbonyl (C=O) groups is 2. The van der Waals surface area contributed by atoms with Crippen molar-refractivity contribution in [3.8, 4) is 22.4 Å². The molecule has 0 saturated carbocycles.